The summed E-state index contributed by atoms with van der Waals surface area (Å²) in [7, 11) is 0. The van der Waals surface area contributed by atoms with Gasteiger partial charge in [0, 0.05) is 6.07 Å². The Kier molecular flexibility index (Phi) is 6.93. The quantitative estimate of drug-likeness (QED) is 0.291. The van der Waals surface area contributed by atoms with Crippen LogP contribution in [0, 0.1) is 0 Å². The van der Waals surface area contributed by atoms with Gasteiger partial charge in [0.1, 0.15) is 48.6 Å². The van der Waals surface area contributed by atoms with E-state index in [1.54, 1.807) is 0 Å². The fourth-order valence-electron chi connectivity index (χ4n) is 2.50. The van der Waals surface area contributed by atoms with Crippen molar-refractivity contribution >= 4 is 11.9 Å². The number of aliphatic hydroxyl groups is 4. The van der Waals surface area contributed by atoms with Gasteiger partial charge in [0.2, 0.25) is 0 Å². The van der Waals surface area contributed by atoms with Gasteiger partial charge in [-0.3, -0.25) is 0 Å². The van der Waals surface area contributed by atoms with Crippen LogP contribution in [0.3, 0.4) is 0 Å². The first-order valence-corrected chi connectivity index (χ1v) is 7.89. The maximum absolute atomic E-state index is 11.2. The van der Waals surface area contributed by atoms with E-state index in [0.29, 0.717) is 0 Å². The van der Waals surface area contributed by atoms with Crippen molar-refractivity contribution in [3.05, 3.63) is 23.8 Å². The molecule has 1 saturated heterocycles. The van der Waals surface area contributed by atoms with E-state index >= 15 is 0 Å². The second kappa shape index (κ2) is 8.97. The van der Waals surface area contributed by atoms with Crippen LogP contribution in [0.1, 0.15) is 10.4 Å². The maximum Gasteiger partial charge on any atom is 0.341 e. The number of carbonyl (C=O) groups is 2. The van der Waals surface area contributed by atoms with Gasteiger partial charge in [-0.1, -0.05) is 0 Å². The molecule has 0 spiro atoms. The monoisotopic (exact) mass is 388 g/mol. The molecule has 1 aliphatic rings. The topological polar surface area (TPSA) is 183 Å². The van der Waals surface area contributed by atoms with Gasteiger partial charge in [-0.05, 0) is 12.1 Å². The van der Waals surface area contributed by atoms with Crippen LogP contribution in [0.5, 0.6) is 11.5 Å². The zero-order valence-corrected chi connectivity index (χ0v) is 14.0. The average Bonchev–Trinajstić information content (AvgIpc) is 2.63. The van der Waals surface area contributed by atoms with E-state index in [4.69, 9.17) is 29.5 Å². The van der Waals surface area contributed by atoms with E-state index in [0.717, 1.165) is 12.1 Å². The maximum atomic E-state index is 11.2. The van der Waals surface area contributed by atoms with Crippen molar-refractivity contribution in [2.75, 3.05) is 19.8 Å². The van der Waals surface area contributed by atoms with E-state index in [9.17, 15) is 24.9 Å². The molecule has 0 aliphatic carbocycles. The third-order valence-electron chi connectivity index (χ3n) is 3.89. The third kappa shape index (κ3) is 5.28. The normalized spacial score (nSPS) is 27.8. The molecule has 2 rings (SSSR count). The Morgan fingerprint density at radius 2 is 1.52 bits per heavy atom. The summed E-state index contributed by atoms with van der Waals surface area (Å²) in [6, 6.07) is 3.52. The zero-order valence-electron chi connectivity index (χ0n) is 14.0. The zero-order chi connectivity index (χ0) is 20.1. The van der Waals surface area contributed by atoms with Crippen molar-refractivity contribution in [1.82, 2.24) is 0 Å². The first kappa shape index (κ1) is 20.9. The summed E-state index contributed by atoms with van der Waals surface area (Å²) in [6.45, 7) is -1.62. The number of ether oxygens (including phenoxy) is 3. The van der Waals surface area contributed by atoms with E-state index in [-0.39, 0.29) is 23.7 Å². The van der Waals surface area contributed by atoms with Crippen LogP contribution >= 0.6 is 0 Å². The average molecular weight is 388 g/mol. The predicted octanol–water partition coefficient (Wildman–Crippen LogP) is -1.93. The van der Waals surface area contributed by atoms with Crippen molar-refractivity contribution in [1.29, 1.82) is 0 Å². The van der Waals surface area contributed by atoms with Gasteiger partial charge in [0.25, 0.3) is 0 Å². The second-order valence-corrected chi connectivity index (χ2v) is 5.86. The molecule has 1 aromatic carbocycles. The van der Waals surface area contributed by atoms with Gasteiger partial charge < -0.3 is 44.8 Å². The van der Waals surface area contributed by atoms with Gasteiger partial charge in [0.05, 0.1) is 12.2 Å². The molecule has 1 fully saturated rings. The van der Waals surface area contributed by atoms with Crippen molar-refractivity contribution in [3.8, 4) is 11.5 Å². The standard InChI is InChI=1S/C16H20O11/c17-4-10-13(20)15(22)14(21)11(27-10)5-25-8-1-7(16(23)24)2-9(3-8)26-6-12(18)19/h1-3,10-11,13-15,17,20-22H,4-6H2,(H,18,19)(H,23,24). The largest absolute Gasteiger partial charge is 0.491 e. The lowest BCUT2D eigenvalue weighted by molar-refractivity contribution is -0.234. The smallest absolute Gasteiger partial charge is 0.341 e. The Morgan fingerprint density at radius 3 is 2.07 bits per heavy atom. The Balaban J connectivity index is 2.11. The summed E-state index contributed by atoms with van der Waals surface area (Å²) in [6.07, 6.45) is -6.79. The number of hydrogen-bond donors (Lipinski definition) is 6. The molecular formula is C16H20O11. The Bertz CT molecular complexity index is 674. The van der Waals surface area contributed by atoms with Gasteiger partial charge >= 0.3 is 11.9 Å². The molecule has 6 N–H and O–H groups in total. The first-order chi connectivity index (χ1) is 12.7. The molecule has 0 bridgehead atoms. The molecule has 0 aromatic heterocycles. The molecule has 150 valence electrons. The minimum absolute atomic E-state index is 0.00718. The van der Waals surface area contributed by atoms with Crippen LogP contribution < -0.4 is 9.47 Å². The number of aliphatic carboxylic acids is 1. The number of benzene rings is 1. The molecule has 5 unspecified atom stereocenters. The number of aromatic carboxylic acids is 1. The summed E-state index contributed by atoms with van der Waals surface area (Å²) in [5, 5.41) is 56.4. The Hall–Kier alpha value is -2.44. The Morgan fingerprint density at radius 1 is 0.926 bits per heavy atom. The fraction of sp³-hybridized carbons (Fsp3) is 0.500. The second-order valence-electron chi connectivity index (χ2n) is 5.86. The fourth-order valence-corrected chi connectivity index (χ4v) is 2.50. The molecule has 1 heterocycles. The molecule has 5 atom stereocenters. The molecule has 0 amide bonds. The number of rotatable bonds is 8. The van der Waals surface area contributed by atoms with E-state index < -0.39 is 55.7 Å². The summed E-state index contributed by atoms with van der Waals surface area (Å²) in [4.78, 5) is 21.8. The first-order valence-electron chi connectivity index (χ1n) is 7.89. The van der Waals surface area contributed by atoms with Gasteiger partial charge in [-0.2, -0.15) is 0 Å². The lowest BCUT2D eigenvalue weighted by Crippen LogP contribution is -2.59. The molecule has 1 aromatic rings. The molecular weight excluding hydrogens is 368 g/mol. The van der Waals surface area contributed by atoms with Crippen LogP contribution in [-0.4, -0.2) is 92.9 Å². The van der Waals surface area contributed by atoms with E-state index in [2.05, 4.69) is 0 Å². The molecule has 11 nitrogen and oxygen atoms in total. The number of hydrogen-bond acceptors (Lipinski definition) is 9. The minimum atomic E-state index is -1.57. The lowest BCUT2D eigenvalue weighted by Gasteiger charge is -2.39. The van der Waals surface area contributed by atoms with Crippen molar-refractivity contribution in [2.24, 2.45) is 0 Å². The Labute approximate surface area is 153 Å². The summed E-state index contributed by atoms with van der Waals surface area (Å²) in [5.74, 6) is -2.61. The van der Waals surface area contributed by atoms with Crippen molar-refractivity contribution < 1.29 is 54.4 Å². The van der Waals surface area contributed by atoms with Crippen molar-refractivity contribution in [2.45, 2.75) is 30.5 Å². The van der Waals surface area contributed by atoms with E-state index in [1.165, 1.54) is 6.07 Å². The lowest BCUT2D eigenvalue weighted by atomic mass is 9.95. The molecule has 0 saturated carbocycles. The minimum Gasteiger partial charge on any atom is -0.491 e. The van der Waals surface area contributed by atoms with Crippen LogP contribution in [-0.2, 0) is 9.53 Å². The number of aliphatic hydroxyl groups excluding tert-OH is 4. The van der Waals surface area contributed by atoms with E-state index in [1.807, 2.05) is 0 Å². The molecule has 1 aliphatic heterocycles. The van der Waals surface area contributed by atoms with Gasteiger partial charge in [-0.25, -0.2) is 9.59 Å². The summed E-state index contributed by atoms with van der Waals surface area (Å²) < 4.78 is 15.6. The van der Waals surface area contributed by atoms with Crippen LogP contribution in [0.2, 0.25) is 0 Å². The third-order valence-corrected chi connectivity index (χ3v) is 3.89. The summed E-state index contributed by atoms with van der Waals surface area (Å²) in [5.41, 5.74) is -0.221. The van der Waals surface area contributed by atoms with Crippen LogP contribution in [0.15, 0.2) is 18.2 Å². The predicted molar refractivity (Wildman–Crippen MR) is 85.8 cm³/mol. The highest BCUT2D eigenvalue weighted by Gasteiger charge is 2.43. The van der Waals surface area contributed by atoms with Crippen LogP contribution in [0.25, 0.3) is 0 Å². The summed E-state index contributed by atoms with van der Waals surface area (Å²) >= 11 is 0. The molecule has 27 heavy (non-hydrogen) atoms. The highest BCUT2D eigenvalue weighted by atomic mass is 16.6. The molecule has 11 heteroatoms. The number of carboxylic acid groups (broad SMARTS) is 2. The highest BCUT2D eigenvalue weighted by molar-refractivity contribution is 5.88. The van der Waals surface area contributed by atoms with Crippen LogP contribution in [0.4, 0.5) is 0 Å². The van der Waals surface area contributed by atoms with Gasteiger partial charge in [-0.15, -0.1) is 0 Å². The molecule has 0 radical (unpaired) electrons. The number of carboxylic acids is 2. The van der Waals surface area contributed by atoms with Crippen molar-refractivity contribution in [3.63, 3.8) is 0 Å². The van der Waals surface area contributed by atoms with Gasteiger partial charge in [0.15, 0.2) is 6.61 Å². The highest BCUT2D eigenvalue weighted by Crippen LogP contribution is 2.26. The SMILES string of the molecule is O=C(O)COc1cc(OCC2OC(CO)C(O)C(O)C2O)cc(C(=O)O)c1.